The maximum Gasteiger partial charge on any atom is 0.335 e. The Morgan fingerprint density at radius 3 is 2.26 bits per heavy atom. The number of carboxylic acid groups (broad SMARTS) is 1. The lowest BCUT2D eigenvalue weighted by Gasteiger charge is -2.43. The van der Waals surface area contributed by atoms with Crippen LogP contribution < -0.4 is 14.8 Å². The highest BCUT2D eigenvalue weighted by Gasteiger charge is 2.51. The van der Waals surface area contributed by atoms with Gasteiger partial charge < -0.3 is 24.6 Å². The lowest BCUT2D eigenvalue weighted by molar-refractivity contribution is -0.140. The molecule has 2 fully saturated rings. The molecular weight excluding hydrogens is 436 g/mol. The van der Waals surface area contributed by atoms with Crippen molar-refractivity contribution in [1.82, 2.24) is 10.2 Å². The summed E-state index contributed by atoms with van der Waals surface area (Å²) in [5.74, 6) is 0.368. The number of carbonyl (C=O) groups is 2. The fourth-order valence-corrected chi connectivity index (χ4v) is 4.61. The molecule has 1 heterocycles. The largest absolute Gasteiger partial charge is 0.493 e. The van der Waals surface area contributed by atoms with Gasteiger partial charge in [-0.1, -0.05) is 24.3 Å². The first-order valence-corrected chi connectivity index (χ1v) is 11.6. The minimum absolute atomic E-state index is 0.0181. The van der Waals surface area contributed by atoms with Gasteiger partial charge in [0, 0.05) is 19.8 Å². The zero-order valence-corrected chi connectivity index (χ0v) is 19.7. The Balaban J connectivity index is 1.44. The average molecular weight is 469 g/mol. The highest BCUT2D eigenvalue weighted by atomic mass is 16.5. The predicted octanol–water partition coefficient (Wildman–Crippen LogP) is 3.06. The number of amides is 1. The zero-order valence-electron chi connectivity index (χ0n) is 19.7. The normalized spacial score (nSPS) is 18.2. The molecular formula is C26H32N2O6. The van der Waals surface area contributed by atoms with Crippen LogP contribution in [-0.2, 0) is 15.1 Å². The Hall–Kier alpha value is -3.10. The number of para-hydroxylation sites is 2. The van der Waals surface area contributed by atoms with Gasteiger partial charge >= 0.3 is 5.97 Å². The molecule has 2 aromatic carbocycles. The molecule has 8 heteroatoms. The summed E-state index contributed by atoms with van der Waals surface area (Å²) >= 11 is 0. The number of likely N-dealkylation sites (N-methyl/N-ethyl adjacent to an activating group) is 1. The van der Waals surface area contributed by atoms with Crippen LogP contribution in [0, 0.1) is 0 Å². The SMILES string of the molecule is COc1ccccc1OCCN(C)C1(C(=O)NC2(c3ccc(C(=O)O)cc3)CC2)CCOCC1. The summed E-state index contributed by atoms with van der Waals surface area (Å²) in [7, 11) is 3.57. The number of nitrogens with zero attached hydrogens (tertiary/aromatic N) is 1. The van der Waals surface area contributed by atoms with Crippen molar-refractivity contribution in [1.29, 1.82) is 0 Å². The third-order valence-corrected chi connectivity index (χ3v) is 7.01. The first-order valence-electron chi connectivity index (χ1n) is 11.6. The fraction of sp³-hybridized carbons (Fsp3) is 0.462. The fourth-order valence-electron chi connectivity index (χ4n) is 4.61. The van der Waals surface area contributed by atoms with Gasteiger partial charge in [0.25, 0.3) is 0 Å². The van der Waals surface area contributed by atoms with Crippen LogP contribution in [0.4, 0.5) is 0 Å². The van der Waals surface area contributed by atoms with Gasteiger partial charge in [0.2, 0.25) is 5.91 Å². The third kappa shape index (κ3) is 4.88. The van der Waals surface area contributed by atoms with Crippen molar-refractivity contribution < 1.29 is 28.9 Å². The molecule has 1 saturated carbocycles. The summed E-state index contributed by atoms with van der Waals surface area (Å²) in [5.41, 5.74) is 0.0458. The van der Waals surface area contributed by atoms with E-state index in [2.05, 4.69) is 10.2 Å². The van der Waals surface area contributed by atoms with Gasteiger partial charge in [0.15, 0.2) is 11.5 Å². The molecule has 34 heavy (non-hydrogen) atoms. The van der Waals surface area contributed by atoms with E-state index in [0.29, 0.717) is 50.7 Å². The Labute approximate surface area is 199 Å². The second-order valence-electron chi connectivity index (χ2n) is 8.98. The van der Waals surface area contributed by atoms with Crippen LogP contribution in [-0.4, -0.2) is 67.9 Å². The Morgan fingerprint density at radius 2 is 1.68 bits per heavy atom. The van der Waals surface area contributed by atoms with Crippen LogP contribution in [0.1, 0.15) is 41.6 Å². The van der Waals surface area contributed by atoms with Gasteiger partial charge in [-0.3, -0.25) is 9.69 Å². The van der Waals surface area contributed by atoms with Gasteiger partial charge in [-0.05, 0) is 62.6 Å². The Kier molecular flexibility index (Phi) is 7.09. The second-order valence-corrected chi connectivity index (χ2v) is 8.98. The summed E-state index contributed by atoms with van der Waals surface area (Å²) in [6, 6.07) is 14.3. The molecule has 2 aromatic rings. The molecule has 8 nitrogen and oxygen atoms in total. The van der Waals surface area contributed by atoms with E-state index in [9.17, 15) is 14.7 Å². The Morgan fingerprint density at radius 1 is 1.03 bits per heavy atom. The number of hydrogen-bond acceptors (Lipinski definition) is 6. The summed E-state index contributed by atoms with van der Waals surface area (Å²) < 4.78 is 16.9. The van der Waals surface area contributed by atoms with Gasteiger partial charge in [-0.2, -0.15) is 0 Å². The standard InChI is InChI=1S/C26H32N2O6/c1-28(15-18-34-22-6-4-3-5-21(22)32-2)26(13-16-33-17-14-26)24(31)27-25(11-12-25)20-9-7-19(8-10-20)23(29)30/h3-10H,11-18H2,1-2H3,(H,27,31)(H,29,30). The minimum Gasteiger partial charge on any atom is -0.493 e. The van der Waals surface area contributed by atoms with Crippen LogP contribution in [0.5, 0.6) is 11.5 Å². The third-order valence-electron chi connectivity index (χ3n) is 7.01. The van der Waals surface area contributed by atoms with Crippen LogP contribution in [0.3, 0.4) is 0 Å². The van der Waals surface area contributed by atoms with E-state index in [4.69, 9.17) is 14.2 Å². The minimum atomic E-state index is -0.960. The van der Waals surface area contributed by atoms with E-state index >= 15 is 0 Å². The number of carboxylic acids is 1. The smallest absolute Gasteiger partial charge is 0.335 e. The van der Waals surface area contributed by atoms with E-state index in [1.54, 1.807) is 31.4 Å². The molecule has 182 valence electrons. The van der Waals surface area contributed by atoms with Crippen molar-refractivity contribution in [3.8, 4) is 11.5 Å². The van der Waals surface area contributed by atoms with Gasteiger partial charge in [-0.15, -0.1) is 0 Å². The molecule has 2 N–H and O–H groups in total. The van der Waals surface area contributed by atoms with E-state index in [1.807, 2.05) is 31.3 Å². The van der Waals surface area contributed by atoms with Gasteiger partial charge in [0.05, 0.1) is 18.2 Å². The highest BCUT2D eigenvalue weighted by Crippen LogP contribution is 2.46. The van der Waals surface area contributed by atoms with E-state index in [-0.39, 0.29) is 11.5 Å². The second kappa shape index (κ2) is 10.0. The lowest BCUT2D eigenvalue weighted by Crippen LogP contribution is -2.62. The topological polar surface area (TPSA) is 97.3 Å². The van der Waals surface area contributed by atoms with Crippen LogP contribution in [0.15, 0.2) is 48.5 Å². The molecule has 0 atom stereocenters. The monoisotopic (exact) mass is 468 g/mol. The van der Waals surface area contributed by atoms with Gasteiger partial charge in [0.1, 0.15) is 12.1 Å². The van der Waals surface area contributed by atoms with Crippen LogP contribution in [0.2, 0.25) is 0 Å². The number of ether oxygens (including phenoxy) is 3. The highest BCUT2D eigenvalue weighted by molar-refractivity contribution is 5.88. The first kappa shape index (κ1) is 24.0. The molecule has 1 amide bonds. The number of benzene rings is 2. The van der Waals surface area contributed by atoms with Crippen molar-refractivity contribution in [3.63, 3.8) is 0 Å². The summed E-state index contributed by atoms with van der Waals surface area (Å²) in [6.07, 6.45) is 2.85. The lowest BCUT2D eigenvalue weighted by atomic mass is 9.86. The Bertz CT molecular complexity index is 1010. The molecule has 0 bridgehead atoms. The number of aromatic carboxylic acids is 1. The van der Waals surface area contributed by atoms with Crippen molar-refractivity contribution in [3.05, 3.63) is 59.7 Å². The molecule has 1 aliphatic heterocycles. The number of nitrogens with one attached hydrogen (secondary N) is 1. The quantitative estimate of drug-likeness (QED) is 0.553. The molecule has 4 rings (SSSR count). The first-order chi connectivity index (χ1) is 16.4. The summed E-state index contributed by atoms with van der Waals surface area (Å²) in [6.45, 7) is 2.01. The number of methoxy groups -OCH3 is 1. The van der Waals surface area contributed by atoms with Crippen molar-refractivity contribution >= 4 is 11.9 Å². The van der Waals surface area contributed by atoms with Crippen molar-refractivity contribution in [2.45, 2.75) is 36.8 Å². The van der Waals surface area contributed by atoms with Crippen LogP contribution in [0.25, 0.3) is 0 Å². The maximum absolute atomic E-state index is 13.7. The maximum atomic E-state index is 13.7. The van der Waals surface area contributed by atoms with E-state index < -0.39 is 17.0 Å². The van der Waals surface area contributed by atoms with Crippen molar-refractivity contribution in [2.24, 2.45) is 0 Å². The summed E-state index contributed by atoms with van der Waals surface area (Å²) in [5, 5.41) is 12.5. The van der Waals surface area contributed by atoms with E-state index in [0.717, 1.165) is 18.4 Å². The number of rotatable bonds is 10. The molecule has 0 unspecified atom stereocenters. The number of carbonyl (C=O) groups excluding carboxylic acids is 1. The average Bonchev–Trinajstić information content (AvgIpc) is 3.65. The van der Waals surface area contributed by atoms with Crippen molar-refractivity contribution in [2.75, 3.05) is 40.5 Å². The molecule has 0 spiro atoms. The molecule has 1 saturated heterocycles. The van der Waals surface area contributed by atoms with Crippen LogP contribution >= 0.6 is 0 Å². The zero-order chi connectivity index (χ0) is 24.2. The molecule has 1 aliphatic carbocycles. The van der Waals surface area contributed by atoms with E-state index in [1.165, 1.54) is 0 Å². The molecule has 0 aromatic heterocycles. The number of hydrogen-bond donors (Lipinski definition) is 2. The molecule has 0 radical (unpaired) electrons. The molecule has 2 aliphatic rings. The summed E-state index contributed by atoms with van der Waals surface area (Å²) in [4.78, 5) is 27.0. The predicted molar refractivity (Wildman–Crippen MR) is 126 cm³/mol. The van der Waals surface area contributed by atoms with Gasteiger partial charge in [-0.25, -0.2) is 4.79 Å².